The Morgan fingerprint density at radius 1 is 1.03 bits per heavy atom. The molecular weight excluding hydrogens is 409 g/mol. The summed E-state index contributed by atoms with van der Waals surface area (Å²) in [5.74, 6) is 1.01. The topological polar surface area (TPSA) is 30.9 Å². The largest absolute Gasteiger partial charge is 0.673 e. The van der Waals surface area contributed by atoms with E-state index in [9.17, 15) is 17.3 Å². The van der Waals surface area contributed by atoms with Gasteiger partial charge < -0.3 is 22.0 Å². The molecule has 1 aromatic heterocycles. The van der Waals surface area contributed by atoms with Crippen LogP contribution in [0, 0.1) is 0 Å². The van der Waals surface area contributed by atoms with E-state index in [0.29, 0.717) is 6.61 Å². The smallest absolute Gasteiger partial charge is 0.418 e. The third-order valence-electron chi connectivity index (χ3n) is 5.82. The molecule has 2 heterocycles. The molecule has 5 rings (SSSR count). The first kappa shape index (κ1) is 21.6. The number of hydrogen-bond acceptors (Lipinski definition) is 2. The first-order valence-corrected chi connectivity index (χ1v) is 10.5. The Kier molecular flexibility index (Phi) is 5.88. The number of fused-ring (bicyclic) bond motifs is 5. The standard InChI is InChI=1S/C22H24N3O.BF4/c1-3-15-9-7-10-16(4-2)21(15)25-14-24-20(23-25)13-26-19-12-17-8-5-6-11-18(17)22(19)24;2-1(3,4)5/h5-11,14,19,22H,3-4,12-13H2,1-2H3;/q+1;-1. The van der Waals surface area contributed by atoms with Crippen molar-refractivity contribution in [2.24, 2.45) is 0 Å². The summed E-state index contributed by atoms with van der Waals surface area (Å²) < 4.78 is 49.6. The lowest BCUT2D eigenvalue weighted by Gasteiger charge is -2.23. The Morgan fingerprint density at radius 3 is 2.32 bits per heavy atom. The first-order chi connectivity index (χ1) is 14.8. The van der Waals surface area contributed by atoms with E-state index < -0.39 is 7.25 Å². The van der Waals surface area contributed by atoms with Crippen LogP contribution in [-0.4, -0.2) is 23.1 Å². The zero-order valence-electron chi connectivity index (χ0n) is 17.4. The van der Waals surface area contributed by atoms with Crippen molar-refractivity contribution in [2.75, 3.05) is 0 Å². The Labute approximate surface area is 178 Å². The Balaban J connectivity index is 0.000000418. The zero-order chi connectivity index (χ0) is 22.2. The summed E-state index contributed by atoms with van der Waals surface area (Å²) in [5, 5.41) is 4.93. The van der Waals surface area contributed by atoms with Gasteiger partial charge in [-0.15, -0.1) is 0 Å². The molecule has 3 aromatic rings. The summed E-state index contributed by atoms with van der Waals surface area (Å²) >= 11 is 0. The van der Waals surface area contributed by atoms with Crippen LogP contribution in [0.3, 0.4) is 0 Å². The Bertz CT molecular complexity index is 1050. The molecule has 0 bridgehead atoms. The van der Waals surface area contributed by atoms with Crippen LogP contribution in [0.15, 0.2) is 48.8 Å². The van der Waals surface area contributed by atoms with Gasteiger partial charge in [0.1, 0.15) is 24.4 Å². The maximum atomic E-state index is 9.75. The lowest BCUT2D eigenvalue weighted by molar-refractivity contribution is -0.739. The van der Waals surface area contributed by atoms with E-state index in [-0.39, 0.29) is 12.1 Å². The number of aromatic nitrogens is 3. The highest BCUT2D eigenvalue weighted by Gasteiger charge is 2.43. The third kappa shape index (κ3) is 4.37. The second-order valence-corrected chi connectivity index (χ2v) is 7.71. The van der Waals surface area contributed by atoms with E-state index in [2.05, 4.69) is 71.9 Å². The zero-order valence-corrected chi connectivity index (χ0v) is 17.4. The van der Waals surface area contributed by atoms with Crippen LogP contribution >= 0.6 is 0 Å². The minimum absolute atomic E-state index is 0.217. The van der Waals surface area contributed by atoms with Crippen LogP contribution < -0.4 is 4.57 Å². The summed E-state index contributed by atoms with van der Waals surface area (Å²) in [6.07, 6.45) is 5.40. The molecule has 0 radical (unpaired) electrons. The van der Waals surface area contributed by atoms with E-state index in [0.717, 1.165) is 25.1 Å². The van der Waals surface area contributed by atoms with Crippen molar-refractivity contribution in [2.45, 2.75) is 51.9 Å². The molecule has 2 aliphatic rings. The molecule has 0 spiro atoms. The van der Waals surface area contributed by atoms with Gasteiger partial charge in [-0.3, -0.25) is 0 Å². The highest BCUT2D eigenvalue weighted by atomic mass is 19.5. The molecule has 0 fully saturated rings. The van der Waals surface area contributed by atoms with Crippen molar-refractivity contribution < 1.29 is 26.6 Å². The summed E-state index contributed by atoms with van der Waals surface area (Å²) in [4.78, 5) is 0. The van der Waals surface area contributed by atoms with Gasteiger partial charge in [-0.25, -0.2) is 4.57 Å². The normalized spacial score (nSPS) is 19.2. The fourth-order valence-electron chi connectivity index (χ4n) is 4.54. The molecule has 1 aliphatic heterocycles. The first-order valence-electron chi connectivity index (χ1n) is 10.5. The van der Waals surface area contributed by atoms with Crippen molar-refractivity contribution in [3.8, 4) is 5.69 Å². The van der Waals surface area contributed by atoms with Crippen molar-refractivity contribution in [1.82, 2.24) is 9.78 Å². The van der Waals surface area contributed by atoms with Crippen LogP contribution in [-0.2, 0) is 30.6 Å². The van der Waals surface area contributed by atoms with E-state index in [1.54, 1.807) is 0 Å². The summed E-state index contributed by atoms with van der Waals surface area (Å²) in [6, 6.07) is 15.5. The molecule has 2 atom stereocenters. The van der Waals surface area contributed by atoms with Crippen molar-refractivity contribution in [1.29, 1.82) is 0 Å². The quantitative estimate of drug-likeness (QED) is 0.343. The van der Waals surface area contributed by atoms with Gasteiger partial charge in [0.05, 0.1) is 0 Å². The third-order valence-corrected chi connectivity index (χ3v) is 5.82. The second-order valence-electron chi connectivity index (χ2n) is 7.71. The van der Waals surface area contributed by atoms with Gasteiger partial charge in [-0.05, 0) is 35.1 Å². The maximum absolute atomic E-state index is 9.75. The predicted molar refractivity (Wildman–Crippen MR) is 110 cm³/mol. The number of nitrogens with zero attached hydrogens (tertiary/aromatic N) is 3. The molecule has 0 saturated heterocycles. The van der Waals surface area contributed by atoms with Crippen LogP contribution in [0.5, 0.6) is 0 Å². The Morgan fingerprint density at radius 2 is 1.68 bits per heavy atom. The van der Waals surface area contributed by atoms with Crippen LogP contribution in [0.2, 0.25) is 0 Å². The van der Waals surface area contributed by atoms with E-state index in [1.807, 2.05) is 0 Å². The molecule has 4 nitrogen and oxygen atoms in total. The number of benzene rings is 2. The van der Waals surface area contributed by atoms with Crippen molar-refractivity contribution in [3.05, 3.63) is 76.9 Å². The van der Waals surface area contributed by atoms with Crippen LogP contribution in [0.1, 0.15) is 48.0 Å². The van der Waals surface area contributed by atoms with Gasteiger partial charge in [0, 0.05) is 11.5 Å². The molecule has 164 valence electrons. The molecule has 2 aromatic carbocycles. The van der Waals surface area contributed by atoms with Gasteiger partial charge in [-0.2, -0.15) is 0 Å². The van der Waals surface area contributed by atoms with E-state index in [1.165, 1.54) is 27.9 Å². The van der Waals surface area contributed by atoms with Gasteiger partial charge in [0.25, 0.3) is 0 Å². The predicted octanol–water partition coefficient (Wildman–Crippen LogP) is 4.63. The van der Waals surface area contributed by atoms with Gasteiger partial charge in [0.15, 0.2) is 0 Å². The summed E-state index contributed by atoms with van der Waals surface area (Å²) in [7, 11) is -6.00. The number of hydrogen-bond donors (Lipinski definition) is 0. The lowest BCUT2D eigenvalue weighted by Crippen LogP contribution is -2.51. The van der Waals surface area contributed by atoms with Gasteiger partial charge in [0.2, 0.25) is 6.33 Å². The highest BCUT2D eigenvalue weighted by Crippen LogP contribution is 2.35. The van der Waals surface area contributed by atoms with Gasteiger partial charge >= 0.3 is 13.1 Å². The van der Waals surface area contributed by atoms with Crippen LogP contribution in [0.4, 0.5) is 17.3 Å². The second kappa shape index (κ2) is 8.46. The van der Waals surface area contributed by atoms with E-state index >= 15 is 0 Å². The van der Waals surface area contributed by atoms with E-state index in [4.69, 9.17) is 9.84 Å². The minimum Gasteiger partial charge on any atom is -0.418 e. The molecule has 0 N–H and O–H groups in total. The molecule has 1 aliphatic carbocycles. The molecule has 0 amide bonds. The van der Waals surface area contributed by atoms with Crippen LogP contribution in [0.25, 0.3) is 5.69 Å². The molecule has 31 heavy (non-hydrogen) atoms. The Hall–Kier alpha value is -2.68. The number of halogens is 4. The highest BCUT2D eigenvalue weighted by molar-refractivity contribution is 6.50. The number of rotatable bonds is 3. The SMILES string of the molecule is CCc1cccc(CC)c1-n1c[n+]2c(n1)COC1Cc3ccccc3C12.F[B-](F)(F)F. The molecular formula is C22H24BF4N3O. The lowest BCUT2D eigenvalue weighted by atomic mass is 10.0. The number of aryl methyl sites for hydroxylation is 2. The average Bonchev–Trinajstić information content (AvgIpc) is 3.32. The molecule has 2 unspecified atom stereocenters. The van der Waals surface area contributed by atoms with Crippen molar-refractivity contribution >= 4 is 7.25 Å². The monoisotopic (exact) mass is 433 g/mol. The fourth-order valence-corrected chi connectivity index (χ4v) is 4.54. The summed E-state index contributed by atoms with van der Waals surface area (Å²) in [6.45, 7) is 5.00. The fraction of sp³-hybridized carbons (Fsp3) is 0.364. The van der Waals surface area contributed by atoms with Crippen molar-refractivity contribution in [3.63, 3.8) is 0 Å². The molecule has 0 saturated carbocycles. The number of para-hydroxylation sites is 1. The molecule has 9 heteroatoms. The summed E-state index contributed by atoms with van der Waals surface area (Å²) in [5.41, 5.74) is 6.70. The average molecular weight is 433 g/mol. The van der Waals surface area contributed by atoms with Gasteiger partial charge in [-0.1, -0.05) is 61.0 Å². The maximum Gasteiger partial charge on any atom is 0.673 e. The number of ether oxygens (including phenoxy) is 1. The minimum atomic E-state index is -6.00.